The van der Waals surface area contributed by atoms with Crippen LogP contribution in [0, 0.1) is 17.2 Å². The zero-order valence-corrected chi connectivity index (χ0v) is 4.63. The lowest BCUT2D eigenvalue weighted by Crippen LogP contribution is -2.21. The van der Waals surface area contributed by atoms with Gasteiger partial charge < -0.3 is 5.43 Å². The van der Waals surface area contributed by atoms with E-state index >= 15 is 0 Å². The van der Waals surface area contributed by atoms with Crippen molar-refractivity contribution in [2.45, 2.75) is 13.0 Å². The summed E-state index contributed by atoms with van der Waals surface area (Å²) >= 11 is 0. The number of nitrogens with zero attached hydrogens (tertiary/aromatic N) is 2. The van der Waals surface area contributed by atoms with Gasteiger partial charge in [-0.15, -0.1) is 0 Å². The van der Waals surface area contributed by atoms with Gasteiger partial charge in [0.25, 0.3) is 0 Å². The molecule has 0 aromatic rings. The molecule has 0 aromatic heterocycles. The van der Waals surface area contributed by atoms with Gasteiger partial charge in [0.05, 0.1) is 12.1 Å². The van der Waals surface area contributed by atoms with Crippen LogP contribution in [0.5, 0.6) is 0 Å². The maximum absolute atomic E-state index is 8.36. The van der Waals surface area contributed by atoms with E-state index in [2.05, 4.69) is 16.6 Å². The van der Waals surface area contributed by atoms with Crippen molar-refractivity contribution in [2.24, 2.45) is 11.0 Å². The maximum atomic E-state index is 8.36. The molecule has 1 rings (SSSR count). The van der Waals surface area contributed by atoms with Gasteiger partial charge in [0.2, 0.25) is 0 Å². The highest BCUT2D eigenvalue weighted by Crippen LogP contribution is 2.03. The predicted molar refractivity (Wildman–Crippen MR) is 30.2 cm³/mol. The van der Waals surface area contributed by atoms with Crippen molar-refractivity contribution in [3.05, 3.63) is 0 Å². The Morgan fingerprint density at radius 3 is 2.88 bits per heavy atom. The van der Waals surface area contributed by atoms with Crippen LogP contribution in [0.25, 0.3) is 0 Å². The van der Waals surface area contributed by atoms with Crippen LogP contribution in [0.3, 0.4) is 0 Å². The highest BCUT2D eigenvalue weighted by molar-refractivity contribution is 5.66. The first kappa shape index (κ1) is 5.10. The predicted octanol–water partition coefficient (Wildman–Crippen LogP) is 0.104. The molecule has 0 aromatic carbocycles. The number of hydrogen-bond acceptors (Lipinski definition) is 3. The van der Waals surface area contributed by atoms with Gasteiger partial charge in [0.1, 0.15) is 5.92 Å². The summed E-state index contributed by atoms with van der Waals surface area (Å²) < 4.78 is 0. The summed E-state index contributed by atoms with van der Waals surface area (Å²) in [6, 6.07) is 2.30. The Balaban J connectivity index is 2.57. The molecule has 0 saturated heterocycles. The zero-order valence-electron chi connectivity index (χ0n) is 4.63. The second-order valence-corrected chi connectivity index (χ2v) is 1.85. The van der Waals surface area contributed by atoms with Crippen LogP contribution >= 0.6 is 0 Å². The van der Waals surface area contributed by atoms with Crippen molar-refractivity contribution in [1.29, 1.82) is 5.26 Å². The summed E-state index contributed by atoms with van der Waals surface area (Å²) in [6.45, 7) is 1.93. The van der Waals surface area contributed by atoms with Gasteiger partial charge in [-0.1, -0.05) is 0 Å². The topological polar surface area (TPSA) is 48.2 Å². The molecule has 0 spiro atoms. The lowest BCUT2D eigenvalue weighted by Gasteiger charge is -2.01. The Morgan fingerprint density at radius 1 is 1.88 bits per heavy atom. The summed E-state index contributed by atoms with van der Waals surface area (Å²) in [6.07, 6.45) is 1.63. The van der Waals surface area contributed by atoms with Gasteiger partial charge in [-0.2, -0.15) is 10.4 Å². The van der Waals surface area contributed by atoms with Crippen LogP contribution in [-0.2, 0) is 0 Å². The van der Waals surface area contributed by atoms with Crippen LogP contribution in [0.1, 0.15) is 6.92 Å². The van der Waals surface area contributed by atoms with E-state index in [0.29, 0.717) is 0 Å². The van der Waals surface area contributed by atoms with Gasteiger partial charge in [-0.3, -0.25) is 0 Å². The average molecular weight is 109 g/mol. The van der Waals surface area contributed by atoms with E-state index in [4.69, 9.17) is 5.26 Å². The van der Waals surface area contributed by atoms with E-state index in [1.165, 1.54) is 0 Å². The molecule has 2 atom stereocenters. The largest absolute Gasteiger partial charge is 0.306 e. The van der Waals surface area contributed by atoms with E-state index in [1.54, 1.807) is 6.21 Å². The molecule has 1 aliphatic heterocycles. The van der Waals surface area contributed by atoms with Crippen molar-refractivity contribution in [2.75, 3.05) is 0 Å². The van der Waals surface area contributed by atoms with Crippen molar-refractivity contribution in [3.63, 3.8) is 0 Å². The minimum Gasteiger partial charge on any atom is -0.306 e. The summed E-state index contributed by atoms with van der Waals surface area (Å²) in [4.78, 5) is 0. The van der Waals surface area contributed by atoms with Crippen LogP contribution in [0.2, 0.25) is 0 Å². The standard InChI is InChI=1S/C5H7N3/c1-4-5(2-6)3-7-8-4/h3-5,8H,1H3. The fourth-order valence-electron chi connectivity index (χ4n) is 0.595. The van der Waals surface area contributed by atoms with Crippen LogP contribution in [0.4, 0.5) is 0 Å². The van der Waals surface area contributed by atoms with E-state index < -0.39 is 0 Å². The van der Waals surface area contributed by atoms with E-state index in [0.717, 1.165) is 0 Å². The number of nitrogens with one attached hydrogen (secondary N) is 1. The second-order valence-electron chi connectivity index (χ2n) is 1.85. The highest BCUT2D eigenvalue weighted by atomic mass is 15.3. The third kappa shape index (κ3) is 0.648. The fraction of sp³-hybridized carbons (Fsp3) is 0.600. The Hall–Kier alpha value is -1.04. The molecule has 1 heterocycles. The SMILES string of the molecule is CC1NN=CC1C#N. The summed E-state index contributed by atoms with van der Waals surface area (Å²) in [5, 5.41) is 12.1. The van der Waals surface area contributed by atoms with Gasteiger partial charge in [0, 0.05) is 6.21 Å². The average Bonchev–Trinajstić information content (AvgIpc) is 2.14. The molecule has 0 fully saturated rings. The molecular weight excluding hydrogens is 102 g/mol. The molecule has 1 aliphatic rings. The molecule has 0 aliphatic carbocycles. The molecule has 0 saturated carbocycles. The molecule has 0 amide bonds. The van der Waals surface area contributed by atoms with Crippen LogP contribution in [-0.4, -0.2) is 12.3 Å². The van der Waals surface area contributed by atoms with Crippen LogP contribution < -0.4 is 5.43 Å². The van der Waals surface area contributed by atoms with E-state index in [-0.39, 0.29) is 12.0 Å². The third-order valence-electron chi connectivity index (χ3n) is 1.20. The molecule has 3 heteroatoms. The molecule has 0 radical (unpaired) electrons. The van der Waals surface area contributed by atoms with Crippen molar-refractivity contribution in [1.82, 2.24) is 5.43 Å². The Bertz CT molecular complexity index is 144. The maximum Gasteiger partial charge on any atom is 0.105 e. The quantitative estimate of drug-likeness (QED) is 0.479. The first-order chi connectivity index (χ1) is 3.84. The number of hydrogen-bond donors (Lipinski definition) is 1. The van der Waals surface area contributed by atoms with Gasteiger partial charge in [-0.05, 0) is 6.92 Å². The summed E-state index contributed by atoms with van der Waals surface area (Å²) in [7, 11) is 0. The van der Waals surface area contributed by atoms with Gasteiger partial charge in [-0.25, -0.2) is 0 Å². The molecule has 42 valence electrons. The van der Waals surface area contributed by atoms with Crippen molar-refractivity contribution >= 4 is 6.21 Å². The summed E-state index contributed by atoms with van der Waals surface area (Å²) in [5.41, 5.74) is 2.77. The Morgan fingerprint density at radius 2 is 2.62 bits per heavy atom. The molecule has 0 bridgehead atoms. The van der Waals surface area contributed by atoms with Crippen molar-refractivity contribution < 1.29 is 0 Å². The second kappa shape index (κ2) is 1.83. The van der Waals surface area contributed by atoms with Gasteiger partial charge >= 0.3 is 0 Å². The van der Waals surface area contributed by atoms with E-state index in [1.807, 2.05) is 6.92 Å². The smallest absolute Gasteiger partial charge is 0.105 e. The number of hydrazone groups is 1. The van der Waals surface area contributed by atoms with Gasteiger partial charge in [0.15, 0.2) is 0 Å². The molecule has 8 heavy (non-hydrogen) atoms. The minimum absolute atomic E-state index is 0.0324. The lowest BCUT2D eigenvalue weighted by atomic mass is 10.1. The number of rotatable bonds is 0. The Labute approximate surface area is 48.0 Å². The first-order valence-electron chi connectivity index (χ1n) is 2.53. The lowest BCUT2D eigenvalue weighted by molar-refractivity contribution is 0.580. The fourth-order valence-corrected chi connectivity index (χ4v) is 0.595. The monoisotopic (exact) mass is 109 g/mol. The summed E-state index contributed by atoms with van der Waals surface area (Å²) in [5.74, 6) is -0.0324. The minimum atomic E-state index is -0.0324. The molecule has 2 unspecified atom stereocenters. The Kier molecular flexibility index (Phi) is 1.17. The third-order valence-corrected chi connectivity index (χ3v) is 1.20. The van der Waals surface area contributed by atoms with Crippen LogP contribution in [0.15, 0.2) is 5.10 Å². The molecule has 3 nitrogen and oxygen atoms in total. The molecule has 1 N–H and O–H groups in total. The first-order valence-corrected chi connectivity index (χ1v) is 2.53. The molecular formula is C5H7N3. The zero-order chi connectivity index (χ0) is 5.98. The van der Waals surface area contributed by atoms with E-state index in [9.17, 15) is 0 Å². The highest BCUT2D eigenvalue weighted by Gasteiger charge is 2.17. The number of nitriles is 1. The van der Waals surface area contributed by atoms with Crippen molar-refractivity contribution in [3.8, 4) is 6.07 Å². The normalized spacial score (nSPS) is 34.0.